The van der Waals surface area contributed by atoms with Gasteiger partial charge in [-0.15, -0.1) is 0 Å². The Bertz CT molecular complexity index is 541. The molecule has 1 nitrogen and oxygen atoms in total. The molecule has 16 heavy (non-hydrogen) atoms. The molecule has 0 amide bonds. The first-order valence-electron chi connectivity index (χ1n) is 5.98. The molecule has 0 saturated carbocycles. The molecule has 1 N–H and O–H groups in total. The van der Waals surface area contributed by atoms with E-state index in [2.05, 4.69) is 53.0 Å². The van der Waals surface area contributed by atoms with Gasteiger partial charge in [0.15, 0.2) is 0 Å². The quantitative estimate of drug-likeness (QED) is 0.703. The van der Waals surface area contributed by atoms with E-state index in [9.17, 15) is 0 Å². The number of rotatable bonds is 0. The smallest absolute Gasteiger partial charge is 0.0603 e. The minimum Gasteiger partial charge on any atom is -0.357 e. The Balaban J connectivity index is 2.37. The number of H-pyrrole nitrogens is 1. The molecule has 0 spiro atoms. The van der Waals surface area contributed by atoms with Crippen molar-refractivity contribution >= 4 is 26.8 Å². The van der Waals surface area contributed by atoms with Crippen LogP contribution < -0.4 is 0 Å². The molecule has 2 atom stereocenters. The number of hydrogen-bond acceptors (Lipinski definition) is 0. The van der Waals surface area contributed by atoms with Crippen molar-refractivity contribution < 1.29 is 0 Å². The van der Waals surface area contributed by atoms with E-state index in [1.165, 1.54) is 33.9 Å². The second kappa shape index (κ2) is 3.63. The number of aromatic amines is 1. The standard InChI is InChI=1S/C14H16BrN/c1-8-6-7-9(2)13-12(8)10-4-3-5-11(15)14(10)16-13/h3-5,8-9,16H,6-7H2,1-2H3. The zero-order chi connectivity index (χ0) is 11.3. The van der Waals surface area contributed by atoms with E-state index >= 15 is 0 Å². The molecule has 1 aromatic heterocycles. The van der Waals surface area contributed by atoms with Gasteiger partial charge in [-0.25, -0.2) is 0 Å². The van der Waals surface area contributed by atoms with Gasteiger partial charge in [-0.05, 0) is 52.2 Å². The van der Waals surface area contributed by atoms with E-state index in [1.54, 1.807) is 5.56 Å². The molecule has 84 valence electrons. The molecule has 1 aliphatic carbocycles. The van der Waals surface area contributed by atoms with Crippen LogP contribution in [0.2, 0.25) is 0 Å². The third-order valence-electron chi connectivity index (χ3n) is 3.87. The lowest BCUT2D eigenvalue weighted by molar-refractivity contribution is 0.523. The predicted octanol–water partition coefficient (Wildman–Crippen LogP) is 4.93. The maximum atomic E-state index is 3.63. The van der Waals surface area contributed by atoms with Crippen molar-refractivity contribution in [1.29, 1.82) is 0 Å². The molecule has 2 unspecified atom stereocenters. The monoisotopic (exact) mass is 277 g/mol. The highest BCUT2D eigenvalue weighted by molar-refractivity contribution is 9.10. The fraction of sp³-hybridized carbons (Fsp3) is 0.429. The summed E-state index contributed by atoms with van der Waals surface area (Å²) in [5.41, 5.74) is 4.28. The van der Waals surface area contributed by atoms with E-state index in [1.807, 2.05) is 0 Å². The van der Waals surface area contributed by atoms with E-state index in [0.29, 0.717) is 11.8 Å². The third kappa shape index (κ3) is 1.36. The Hall–Kier alpha value is -0.760. The molecule has 1 aliphatic rings. The Morgan fingerprint density at radius 1 is 1.19 bits per heavy atom. The number of benzene rings is 1. The Kier molecular flexibility index (Phi) is 2.36. The Labute approximate surface area is 104 Å². The highest BCUT2D eigenvalue weighted by Gasteiger charge is 2.26. The van der Waals surface area contributed by atoms with Crippen molar-refractivity contribution in [3.05, 3.63) is 33.9 Å². The van der Waals surface area contributed by atoms with Crippen LogP contribution in [-0.4, -0.2) is 4.98 Å². The number of aromatic nitrogens is 1. The van der Waals surface area contributed by atoms with Crippen LogP contribution in [0.25, 0.3) is 10.9 Å². The lowest BCUT2D eigenvalue weighted by Crippen LogP contribution is -2.09. The van der Waals surface area contributed by atoms with Crippen LogP contribution in [0.3, 0.4) is 0 Å². The third-order valence-corrected chi connectivity index (χ3v) is 4.53. The van der Waals surface area contributed by atoms with Crippen LogP contribution in [0.4, 0.5) is 0 Å². The lowest BCUT2D eigenvalue weighted by atomic mass is 9.81. The molecule has 2 aromatic rings. The minimum atomic E-state index is 0.672. The van der Waals surface area contributed by atoms with Gasteiger partial charge in [-0.1, -0.05) is 26.0 Å². The van der Waals surface area contributed by atoms with Crippen LogP contribution in [-0.2, 0) is 0 Å². The van der Waals surface area contributed by atoms with Crippen LogP contribution >= 0.6 is 15.9 Å². The molecular weight excluding hydrogens is 262 g/mol. The van der Waals surface area contributed by atoms with Crippen LogP contribution in [0.1, 0.15) is 49.8 Å². The average Bonchev–Trinajstić information content (AvgIpc) is 2.66. The van der Waals surface area contributed by atoms with Crippen molar-refractivity contribution in [3.8, 4) is 0 Å². The number of nitrogens with one attached hydrogen (secondary N) is 1. The molecule has 0 fully saturated rings. The van der Waals surface area contributed by atoms with E-state index in [0.717, 1.165) is 0 Å². The summed E-state index contributed by atoms with van der Waals surface area (Å²) in [6.45, 7) is 4.67. The molecule has 0 bridgehead atoms. The van der Waals surface area contributed by atoms with Gasteiger partial charge in [0, 0.05) is 15.6 Å². The summed E-state index contributed by atoms with van der Waals surface area (Å²) >= 11 is 3.63. The predicted molar refractivity (Wildman–Crippen MR) is 72.1 cm³/mol. The Morgan fingerprint density at radius 2 is 1.94 bits per heavy atom. The SMILES string of the molecule is CC1CCC(C)c2c1[nH]c1c(Br)cccc21. The van der Waals surface area contributed by atoms with Crippen molar-refractivity contribution in [2.24, 2.45) is 0 Å². The summed E-state index contributed by atoms with van der Waals surface area (Å²) in [5.74, 6) is 1.36. The van der Waals surface area contributed by atoms with Crippen LogP contribution in [0.5, 0.6) is 0 Å². The number of para-hydroxylation sites is 1. The highest BCUT2D eigenvalue weighted by Crippen LogP contribution is 2.43. The molecule has 0 radical (unpaired) electrons. The van der Waals surface area contributed by atoms with Gasteiger partial charge in [0.05, 0.1) is 5.52 Å². The highest BCUT2D eigenvalue weighted by atomic mass is 79.9. The minimum absolute atomic E-state index is 0.672. The van der Waals surface area contributed by atoms with Crippen molar-refractivity contribution in [2.75, 3.05) is 0 Å². The molecule has 1 aromatic carbocycles. The maximum Gasteiger partial charge on any atom is 0.0603 e. The normalized spacial score (nSPS) is 24.7. The largest absolute Gasteiger partial charge is 0.357 e. The fourth-order valence-corrected chi connectivity index (χ4v) is 3.40. The summed E-state index contributed by atoms with van der Waals surface area (Å²) < 4.78 is 1.18. The van der Waals surface area contributed by atoms with Crippen molar-refractivity contribution in [2.45, 2.75) is 38.5 Å². The average molecular weight is 278 g/mol. The van der Waals surface area contributed by atoms with Gasteiger partial charge >= 0.3 is 0 Å². The molecule has 0 saturated heterocycles. The molecule has 3 rings (SSSR count). The number of halogens is 1. The van der Waals surface area contributed by atoms with Gasteiger partial charge in [-0.2, -0.15) is 0 Å². The maximum absolute atomic E-state index is 3.63. The fourth-order valence-electron chi connectivity index (χ4n) is 2.93. The number of fused-ring (bicyclic) bond motifs is 3. The van der Waals surface area contributed by atoms with E-state index in [-0.39, 0.29) is 0 Å². The zero-order valence-electron chi connectivity index (χ0n) is 9.68. The van der Waals surface area contributed by atoms with Crippen LogP contribution in [0, 0.1) is 0 Å². The van der Waals surface area contributed by atoms with E-state index < -0.39 is 0 Å². The topological polar surface area (TPSA) is 15.8 Å². The zero-order valence-corrected chi connectivity index (χ0v) is 11.3. The summed E-state index contributed by atoms with van der Waals surface area (Å²) in [6.07, 6.45) is 2.62. The first-order chi connectivity index (χ1) is 7.68. The lowest BCUT2D eigenvalue weighted by Gasteiger charge is -2.24. The van der Waals surface area contributed by atoms with Crippen molar-refractivity contribution in [1.82, 2.24) is 4.98 Å². The number of hydrogen-bond donors (Lipinski definition) is 1. The molecule has 1 heterocycles. The first-order valence-corrected chi connectivity index (χ1v) is 6.77. The summed E-state index contributed by atoms with van der Waals surface area (Å²) in [4.78, 5) is 3.62. The van der Waals surface area contributed by atoms with Gasteiger partial charge in [-0.3, -0.25) is 0 Å². The molecule has 2 heteroatoms. The van der Waals surface area contributed by atoms with Gasteiger partial charge < -0.3 is 4.98 Å². The van der Waals surface area contributed by atoms with Gasteiger partial charge in [0.1, 0.15) is 0 Å². The van der Waals surface area contributed by atoms with E-state index in [4.69, 9.17) is 0 Å². The van der Waals surface area contributed by atoms with Gasteiger partial charge in [0.25, 0.3) is 0 Å². The van der Waals surface area contributed by atoms with Crippen LogP contribution in [0.15, 0.2) is 22.7 Å². The molecule has 0 aliphatic heterocycles. The van der Waals surface area contributed by atoms with Gasteiger partial charge in [0.2, 0.25) is 0 Å². The second-order valence-corrected chi connectivity index (χ2v) is 5.85. The summed E-state index contributed by atoms with van der Waals surface area (Å²) in [6, 6.07) is 6.48. The first kappa shape index (κ1) is 10.4. The Morgan fingerprint density at radius 3 is 2.75 bits per heavy atom. The van der Waals surface area contributed by atoms with Crippen molar-refractivity contribution in [3.63, 3.8) is 0 Å². The molecular formula is C14H16BrN. The summed E-state index contributed by atoms with van der Waals surface area (Å²) in [5, 5.41) is 1.41. The summed E-state index contributed by atoms with van der Waals surface area (Å²) in [7, 11) is 0. The second-order valence-electron chi connectivity index (χ2n) is 4.99.